The number of halogens is 1. The fourth-order valence-electron chi connectivity index (χ4n) is 3.58. The molecule has 4 aromatic heterocycles. The van der Waals surface area contributed by atoms with Crippen LogP contribution < -0.4 is 4.90 Å². The molecule has 0 unspecified atom stereocenters. The summed E-state index contributed by atoms with van der Waals surface area (Å²) in [5, 5.41) is 4.24. The molecular weight excluding hydrogens is 399 g/mol. The second-order valence-corrected chi connectivity index (χ2v) is 7.55. The fourth-order valence-corrected chi connectivity index (χ4v) is 3.58. The monoisotopic (exact) mass is 420 g/mol. The number of rotatable bonds is 3. The Morgan fingerprint density at radius 2 is 1.90 bits per heavy atom. The highest BCUT2D eigenvalue weighted by molar-refractivity contribution is 5.86. The maximum atomic E-state index is 13.5. The van der Waals surface area contributed by atoms with Crippen LogP contribution in [-0.4, -0.2) is 54.4 Å². The predicted octanol–water partition coefficient (Wildman–Crippen LogP) is 2.55. The van der Waals surface area contributed by atoms with Crippen LogP contribution in [0.3, 0.4) is 0 Å². The van der Waals surface area contributed by atoms with Crippen LogP contribution in [0.15, 0.2) is 30.7 Å². The first-order chi connectivity index (χ1) is 15.0. The Kier molecular flexibility index (Phi) is 4.78. The molecule has 0 radical (unpaired) electrons. The van der Waals surface area contributed by atoms with Gasteiger partial charge in [-0.3, -0.25) is 9.67 Å². The number of ether oxygens (including phenoxy) is 1. The summed E-state index contributed by atoms with van der Waals surface area (Å²) < 4.78 is 21.2. The first-order valence-electron chi connectivity index (χ1n) is 9.98. The molecule has 1 atom stereocenters. The van der Waals surface area contributed by atoms with Gasteiger partial charge >= 0.3 is 0 Å². The van der Waals surface area contributed by atoms with Crippen molar-refractivity contribution in [3.63, 3.8) is 0 Å². The maximum Gasteiger partial charge on any atom is 0.228 e. The van der Waals surface area contributed by atoms with Gasteiger partial charge in [-0.1, -0.05) is 0 Å². The lowest BCUT2D eigenvalue weighted by molar-refractivity contribution is 0.0392. The molecule has 0 saturated carbocycles. The highest BCUT2D eigenvalue weighted by Gasteiger charge is 2.26. The molecule has 4 aromatic rings. The molecule has 0 aliphatic carbocycles. The lowest BCUT2D eigenvalue weighted by Crippen LogP contribution is -2.39. The third kappa shape index (κ3) is 3.70. The van der Waals surface area contributed by atoms with E-state index in [0.29, 0.717) is 48.2 Å². The van der Waals surface area contributed by atoms with Crippen molar-refractivity contribution in [3.05, 3.63) is 53.5 Å². The third-order valence-electron chi connectivity index (χ3n) is 5.35. The van der Waals surface area contributed by atoms with Crippen molar-refractivity contribution in [2.75, 3.05) is 24.6 Å². The molecule has 5 heterocycles. The molecule has 10 heteroatoms. The lowest BCUT2D eigenvalue weighted by Gasteiger charge is -2.32. The Balaban J connectivity index is 1.60. The fraction of sp³-hybridized carbons (Fsp3) is 0.333. The number of morpholine rings is 1. The molecule has 1 saturated heterocycles. The van der Waals surface area contributed by atoms with Crippen LogP contribution in [0.2, 0.25) is 0 Å². The summed E-state index contributed by atoms with van der Waals surface area (Å²) >= 11 is 0. The van der Waals surface area contributed by atoms with Crippen molar-refractivity contribution in [1.82, 2.24) is 34.7 Å². The number of nitrogens with zero attached hydrogens (tertiary/aromatic N) is 8. The second kappa shape index (κ2) is 7.62. The Morgan fingerprint density at radius 3 is 2.65 bits per heavy atom. The second-order valence-electron chi connectivity index (χ2n) is 7.55. The Bertz CT molecular complexity index is 1260. The van der Waals surface area contributed by atoms with E-state index in [1.54, 1.807) is 16.9 Å². The van der Waals surface area contributed by atoms with Crippen LogP contribution in [0.1, 0.15) is 23.1 Å². The molecule has 0 bridgehead atoms. The van der Waals surface area contributed by atoms with E-state index in [9.17, 15) is 4.39 Å². The van der Waals surface area contributed by atoms with E-state index in [1.165, 1.54) is 12.3 Å². The highest BCUT2D eigenvalue weighted by atomic mass is 19.1. The van der Waals surface area contributed by atoms with Gasteiger partial charge in [0.15, 0.2) is 5.65 Å². The van der Waals surface area contributed by atoms with E-state index < -0.39 is 5.82 Å². The number of aromatic nitrogens is 7. The number of fused-ring (bicyclic) bond motifs is 1. The van der Waals surface area contributed by atoms with Crippen molar-refractivity contribution in [2.45, 2.75) is 20.0 Å². The normalized spacial score (nSPS) is 16.8. The van der Waals surface area contributed by atoms with E-state index in [2.05, 4.69) is 25.0 Å². The largest absolute Gasteiger partial charge is 0.370 e. The Hall–Kier alpha value is -3.53. The first-order valence-corrected chi connectivity index (χ1v) is 9.98. The van der Waals surface area contributed by atoms with Crippen molar-refractivity contribution < 1.29 is 9.13 Å². The van der Waals surface area contributed by atoms with Gasteiger partial charge in [0.05, 0.1) is 42.6 Å². The van der Waals surface area contributed by atoms with Crippen molar-refractivity contribution in [1.29, 1.82) is 0 Å². The van der Waals surface area contributed by atoms with E-state index in [0.717, 1.165) is 17.0 Å². The van der Waals surface area contributed by atoms with Gasteiger partial charge in [0.2, 0.25) is 5.95 Å². The maximum absolute atomic E-state index is 13.5. The molecule has 5 rings (SSSR count). The summed E-state index contributed by atoms with van der Waals surface area (Å²) in [6.45, 7) is 5.52. The van der Waals surface area contributed by atoms with E-state index in [4.69, 9.17) is 14.7 Å². The van der Waals surface area contributed by atoms with Gasteiger partial charge in [-0.2, -0.15) is 10.1 Å². The number of hydrogen-bond donors (Lipinski definition) is 0. The molecule has 0 aromatic carbocycles. The Labute approximate surface area is 178 Å². The summed E-state index contributed by atoms with van der Waals surface area (Å²) in [4.78, 5) is 25.0. The molecule has 1 fully saturated rings. The molecule has 1 aliphatic rings. The van der Waals surface area contributed by atoms with Crippen LogP contribution in [0.25, 0.3) is 22.6 Å². The zero-order valence-corrected chi connectivity index (χ0v) is 17.4. The quantitative estimate of drug-likeness (QED) is 0.499. The van der Waals surface area contributed by atoms with Gasteiger partial charge in [-0.25, -0.2) is 19.3 Å². The summed E-state index contributed by atoms with van der Waals surface area (Å²) in [6.07, 6.45) is 4.78. The van der Waals surface area contributed by atoms with Gasteiger partial charge in [0, 0.05) is 25.4 Å². The van der Waals surface area contributed by atoms with Crippen molar-refractivity contribution in [2.24, 2.45) is 7.05 Å². The van der Waals surface area contributed by atoms with Gasteiger partial charge in [0.25, 0.3) is 0 Å². The minimum absolute atomic E-state index is 0.139. The summed E-state index contributed by atoms with van der Waals surface area (Å²) in [5.41, 5.74) is 4.66. The third-order valence-corrected chi connectivity index (χ3v) is 5.35. The summed E-state index contributed by atoms with van der Waals surface area (Å²) in [6, 6.07) is 2.95. The van der Waals surface area contributed by atoms with Crippen LogP contribution in [-0.2, 0) is 11.8 Å². The van der Waals surface area contributed by atoms with Gasteiger partial charge < -0.3 is 9.64 Å². The molecule has 9 nitrogen and oxygen atoms in total. The molecule has 0 spiro atoms. The van der Waals surface area contributed by atoms with Gasteiger partial charge in [-0.15, -0.1) is 0 Å². The van der Waals surface area contributed by atoms with Crippen molar-refractivity contribution in [3.8, 4) is 11.4 Å². The zero-order chi connectivity index (χ0) is 21.5. The minimum Gasteiger partial charge on any atom is -0.370 e. The molecule has 31 heavy (non-hydrogen) atoms. The van der Waals surface area contributed by atoms with Crippen LogP contribution in [0.4, 0.5) is 10.3 Å². The van der Waals surface area contributed by atoms with Crippen LogP contribution >= 0.6 is 0 Å². The van der Waals surface area contributed by atoms with E-state index >= 15 is 0 Å². The van der Waals surface area contributed by atoms with Crippen LogP contribution in [0, 0.1) is 19.7 Å². The molecule has 1 aliphatic heterocycles. The molecule has 158 valence electrons. The molecule has 0 N–H and O–H groups in total. The predicted molar refractivity (Wildman–Crippen MR) is 112 cm³/mol. The minimum atomic E-state index is -0.409. The average Bonchev–Trinajstić information content (AvgIpc) is 3.21. The van der Waals surface area contributed by atoms with E-state index in [1.807, 2.05) is 27.1 Å². The topological polar surface area (TPSA) is 94.7 Å². The standard InChI is InChI=1S/C21H21FN8O/c1-12-13(2)26-20-19(25-12)18(16-5-4-15(22)9-23-16)27-21(28-20)30-6-7-31-17(11-30)14-8-24-29(3)10-14/h4-5,8-10,17H,6-7,11H2,1-3H3/t17-/m1/s1. The number of hydrogen-bond acceptors (Lipinski definition) is 8. The number of pyridine rings is 1. The summed E-state index contributed by atoms with van der Waals surface area (Å²) in [5.74, 6) is 0.108. The highest BCUT2D eigenvalue weighted by Crippen LogP contribution is 2.29. The smallest absolute Gasteiger partial charge is 0.228 e. The van der Waals surface area contributed by atoms with Crippen molar-refractivity contribution >= 4 is 17.1 Å². The zero-order valence-electron chi connectivity index (χ0n) is 17.4. The van der Waals surface area contributed by atoms with Crippen LogP contribution in [0.5, 0.6) is 0 Å². The summed E-state index contributed by atoms with van der Waals surface area (Å²) in [7, 11) is 1.88. The van der Waals surface area contributed by atoms with E-state index in [-0.39, 0.29) is 6.10 Å². The number of anilines is 1. The number of aryl methyl sites for hydroxylation is 3. The van der Waals surface area contributed by atoms with Gasteiger partial charge in [0.1, 0.15) is 23.1 Å². The lowest BCUT2D eigenvalue weighted by atomic mass is 10.1. The Morgan fingerprint density at radius 1 is 1.06 bits per heavy atom. The molecular formula is C21H21FN8O. The SMILES string of the molecule is Cc1nc2nc(N3CCO[C@@H](c4cnn(C)c4)C3)nc(-c3ccc(F)cn3)c2nc1C. The molecule has 0 amide bonds. The first kappa shape index (κ1) is 19.4. The average molecular weight is 420 g/mol. The van der Waals surface area contributed by atoms with Gasteiger partial charge in [-0.05, 0) is 26.0 Å².